The summed E-state index contributed by atoms with van der Waals surface area (Å²) in [5, 5.41) is 0. The third-order valence-corrected chi connectivity index (χ3v) is 2.33. The number of hydrogen-bond donors (Lipinski definition) is 0. The first-order valence-electron chi connectivity index (χ1n) is 5.32. The lowest BCUT2D eigenvalue weighted by molar-refractivity contribution is -0.106. The minimum atomic E-state index is 0.406. The standard InChI is InChI=1S/C13H13N3O/c1-10-8-11(2)15-13(14-10)16(9-17)12-6-4-3-5-7-12/h3-9H,1-2H3. The molecule has 0 saturated heterocycles. The SMILES string of the molecule is Cc1cc(C)nc(N(C=O)c2ccccc2)n1. The molecule has 1 heterocycles. The molecule has 0 radical (unpaired) electrons. The molecule has 86 valence electrons. The van der Waals surface area contributed by atoms with Gasteiger partial charge >= 0.3 is 0 Å². The van der Waals surface area contributed by atoms with Gasteiger partial charge < -0.3 is 0 Å². The molecule has 0 spiro atoms. The molecule has 1 aromatic heterocycles. The fourth-order valence-electron chi connectivity index (χ4n) is 1.63. The summed E-state index contributed by atoms with van der Waals surface area (Å²) in [6, 6.07) is 11.2. The van der Waals surface area contributed by atoms with Crippen molar-refractivity contribution in [2.45, 2.75) is 13.8 Å². The molecule has 4 heteroatoms. The first kappa shape index (κ1) is 11.3. The van der Waals surface area contributed by atoms with Crippen molar-refractivity contribution in [3.05, 3.63) is 47.8 Å². The van der Waals surface area contributed by atoms with Crippen LogP contribution in [0.3, 0.4) is 0 Å². The number of carbonyl (C=O) groups is 1. The predicted molar refractivity (Wildman–Crippen MR) is 66.2 cm³/mol. The van der Waals surface area contributed by atoms with Gasteiger partial charge in [-0.1, -0.05) is 18.2 Å². The summed E-state index contributed by atoms with van der Waals surface area (Å²) in [5.41, 5.74) is 2.44. The smallest absolute Gasteiger partial charge is 0.237 e. The van der Waals surface area contributed by atoms with Crippen molar-refractivity contribution in [3.63, 3.8) is 0 Å². The number of anilines is 2. The molecule has 0 atom stereocenters. The highest BCUT2D eigenvalue weighted by Crippen LogP contribution is 2.20. The summed E-state index contributed by atoms with van der Waals surface area (Å²) in [6.07, 6.45) is 0.726. The summed E-state index contributed by atoms with van der Waals surface area (Å²) in [4.78, 5) is 21.1. The Morgan fingerprint density at radius 1 is 1.06 bits per heavy atom. The largest absolute Gasteiger partial charge is 0.278 e. The van der Waals surface area contributed by atoms with Crippen molar-refractivity contribution in [3.8, 4) is 0 Å². The molecule has 0 fully saturated rings. The van der Waals surface area contributed by atoms with Crippen LogP contribution in [0.2, 0.25) is 0 Å². The van der Waals surface area contributed by atoms with E-state index in [1.165, 1.54) is 4.90 Å². The summed E-state index contributed by atoms with van der Waals surface area (Å²) in [6.45, 7) is 3.76. The van der Waals surface area contributed by atoms with Gasteiger partial charge in [-0.05, 0) is 32.0 Å². The average Bonchev–Trinajstić information content (AvgIpc) is 2.30. The lowest BCUT2D eigenvalue weighted by atomic mass is 10.3. The Morgan fingerprint density at radius 3 is 2.18 bits per heavy atom. The van der Waals surface area contributed by atoms with Crippen LogP contribution in [-0.4, -0.2) is 16.4 Å². The topological polar surface area (TPSA) is 46.1 Å². The van der Waals surface area contributed by atoms with Gasteiger partial charge in [-0.3, -0.25) is 9.69 Å². The van der Waals surface area contributed by atoms with E-state index in [1.807, 2.05) is 50.2 Å². The van der Waals surface area contributed by atoms with Gasteiger partial charge in [-0.15, -0.1) is 0 Å². The van der Waals surface area contributed by atoms with E-state index < -0.39 is 0 Å². The molecule has 2 aromatic rings. The van der Waals surface area contributed by atoms with Crippen LogP contribution in [0.1, 0.15) is 11.4 Å². The van der Waals surface area contributed by atoms with Gasteiger partial charge in [0, 0.05) is 11.4 Å². The summed E-state index contributed by atoms with van der Waals surface area (Å²) in [5.74, 6) is 0.406. The molecule has 1 amide bonds. The quantitative estimate of drug-likeness (QED) is 0.756. The van der Waals surface area contributed by atoms with Gasteiger partial charge in [0.2, 0.25) is 12.4 Å². The predicted octanol–water partition coefficient (Wildman–Crippen LogP) is 2.39. The Hall–Kier alpha value is -2.23. The minimum Gasteiger partial charge on any atom is -0.278 e. The lowest BCUT2D eigenvalue weighted by Crippen LogP contribution is -2.17. The molecule has 4 nitrogen and oxygen atoms in total. The second-order valence-corrected chi connectivity index (χ2v) is 3.76. The van der Waals surface area contributed by atoms with Crippen LogP contribution in [0.25, 0.3) is 0 Å². The van der Waals surface area contributed by atoms with Crippen molar-refractivity contribution in [1.29, 1.82) is 0 Å². The summed E-state index contributed by atoms with van der Waals surface area (Å²) < 4.78 is 0. The number of amides is 1. The number of aromatic nitrogens is 2. The van der Waals surface area contributed by atoms with Crippen LogP contribution in [-0.2, 0) is 4.79 Å². The van der Waals surface area contributed by atoms with Gasteiger partial charge in [0.25, 0.3) is 0 Å². The van der Waals surface area contributed by atoms with E-state index in [1.54, 1.807) is 0 Å². The third-order valence-electron chi connectivity index (χ3n) is 2.33. The van der Waals surface area contributed by atoms with E-state index in [9.17, 15) is 4.79 Å². The molecule has 0 aliphatic rings. The Morgan fingerprint density at radius 2 is 1.65 bits per heavy atom. The highest BCUT2D eigenvalue weighted by Gasteiger charge is 2.11. The summed E-state index contributed by atoms with van der Waals surface area (Å²) in [7, 11) is 0. The maximum atomic E-state index is 11.2. The van der Waals surface area contributed by atoms with Crippen LogP contribution in [0.4, 0.5) is 11.6 Å². The van der Waals surface area contributed by atoms with Crippen LogP contribution in [0.5, 0.6) is 0 Å². The monoisotopic (exact) mass is 227 g/mol. The Kier molecular flexibility index (Phi) is 3.14. The molecule has 17 heavy (non-hydrogen) atoms. The van der Waals surface area contributed by atoms with E-state index >= 15 is 0 Å². The normalized spacial score (nSPS) is 10.0. The van der Waals surface area contributed by atoms with Crippen LogP contribution in [0, 0.1) is 13.8 Å². The molecule has 2 rings (SSSR count). The zero-order chi connectivity index (χ0) is 12.3. The average molecular weight is 227 g/mol. The molecular formula is C13H13N3O. The second-order valence-electron chi connectivity index (χ2n) is 3.76. The molecule has 0 bridgehead atoms. The number of aryl methyl sites for hydroxylation is 2. The van der Waals surface area contributed by atoms with Gasteiger partial charge in [0.15, 0.2) is 0 Å². The second kappa shape index (κ2) is 4.74. The van der Waals surface area contributed by atoms with E-state index in [0.29, 0.717) is 5.95 Å². The van der Waals surface area contributed by atoms with E-state index in [0.717, 1.165) is 23.5 Å². The van der Waals surface area contributed by atoms with Crippen LogP contribution in [0.15, 0.2) is 36.4 Å². The Labute approximate surface area is 99.9 Å². The van der Waals surface area contributed by atoms with Crippen molar-refractivity contribution >= 4 is 18.0 Å². The fourth-order valence-corrected chi connectivity index (χ4v) is 1.63. The van der Waals surface area contributed by atoms with Crippen molar-refractivity contribution < 1.29 is 4.79 Å². The zero-order valence-corrected chi connectivity index (χ0v) is 9.79. The summed E-state index contributed by atoms with van der Waals surface area (Å²) >= 11 is 0. The van der Waals surface area contributed by atoms with Crippen molar-refractivity contribution in [2.24, 2.45) is 0 Å². The van der Waals surface area contributed by atoms with Gasteiger partial charge in [-0.25, -0.2) is 9.97 Å². The number of carbonyl (C=O) groups excluding carboxylic acids is 1. The van der Waals surface area contributed by atoms with E-state index in [-0.39, 0.29) is 0 Å². The number of para-hydroxylation sites is 1. The van der Waals surface area contributed by atoms with Gasteiger partial charge in [-0.2, -0.15) is 0 Å². The molecular weight excluding hydrogens is 214 g/mol. The van der Waals surface area contributed by atoms with Crippen molar-refractivity contribution in [1.82, 2.24) is 9.97 Å². The van der Waals surface area contributed by atoms with Gasteiger partial charge in [0.05, 0.1) is 5.69 Å². The molecule has 0 aliphatic heterocycles. The van der Waals surface area contributed by atoms with Crippen LogP contribution < -0.4 is 4.90 Å². The maximum Gasteiger partial charge on any atom is 0.237 e. The zero-order valence-electron chi connectivity index (χ0n) is 9.79. The van der Waals surface area contributed by atoms with E-state index in [4.69, 9.17) is 0 Å². The molecule has 0 aliphatic carbocycles. The highest BCUT2D eigenvalue weighted by atomic mass is 16.1. The Bertz CT molecular complexity index is 505. The maximum absolute atomic E-state index is 11.2. The van der Waals surface area contributed by atoms with Crippen molar-refractivity contribution in [2.75, 3.05) is 4.90 Å². The first-order valence-corrected chi connectivity index (χ1v) is 5.32. The Balaban J connectivity index is 2.46. The minimum absolute atomic E-state index is 0.406. The molecule has 0 N–H and O–H groups in total. The lowest BCUT2D eigenvalue weighted by Gasteiger charge is -2.15. The van der Waals surface area contributed by atoms with Crippen LogP contribution >= 0.6 is 0 Å². The number of nitrogens with zero attached hydrogens (tertiary/aromatic N) is 3. The fraction of sp³-hybridized carbons (Fsp3) is 0.154. The number of rotatable bonds is 3. The third kappa shape index (κ3) is 2.47. The highest BCUT2D eigenvalue weighted by molar-refractivity contribution is 5.83. The molecule has 0 saturated carbocycles. The first-order chi connectivity index (χ1) is 8.20. The van der Waals surface area contributed by atoms with Gasteiger partial charge in [0.1, 0.15) is 0 Å². The molecule has 0 unspecified atom stereocenters. The molecule has 1 aromatic carbocycles. The number of hydrogen-bond acceptors (Lipinski definition) is 3. The van der Waals surface area contributed by atoms with E-state index in [2.05, 4.69) is 9.97 Å². The number of benzene rings is 1.